The van der Waals surface area contributed by atoms with Gasteiger partial charge < -0.3 is 10.2 Å². The van der Waals surface area contributed by atoms with Gasteiger partial charge >= 0.3 is 0 Å². The Kier molecular flexibility index (Phi) is 5.99. The van der Waals surface area contributed by atoms with E-state index in [1.807, 2.05) is 0 Å². The van der Waals surface area contributed by atoms with Crippen LogP contribution in [-0.2, 0) is 6.54 Å². The first-order valence-electron chi connectivity index (χ1n) is 7.52. The SMILES string of the molecule is C=CCn1ncc(N2CCC(NCCC)CC2)c(Br)c1=O. The Morgan fingerprint density at radius 1 is 1.52 bits per heavy atom. The topological polar surface area (TPSA) is 50.2 Å². The van der Waals surface area contributed by atoms with E-state index in [1.165, 1.54) is 4.68 Å². The first-order valence-corrected chi connectivity index (χ1v) is 8.31. The number of piperidine rings is 1. The van der Waals surface area contributed by atoms with Crippen molar-refractivity contribution in [3.63, 3.8) is 0 Å². The molecule has 5 nitrogen and oxygen atoms in total. The van der Waals surface area contributed by atoms with Gasteiger partial charge in [0.05, 0.1) is 18.4 Å². The zero-order valence-corrected chi connectivity index (χ0v) is 14.1. The van der Waals surface area contributed by atoms with Crippen LogP contribution < -0.4 is 15.8 Å². The molecule has 0 atom stereocenters. The highest BCUT2D eigenvalue weighted by Gasteiger charge is 2.21. The minimum atomic E-state index is -0.0985. The summed E-state index contributed by atoms with van der Waals surface area (Å²) in [5.74, 6) is 0. The van der Waals surface area contributed by atoms with Crippen LogP contribution in [0.15, 0.2) is 28.1 Å². The molecule has 0 spiro atoms. The number of anilines is 1. The molecule has 1 fully saturated rings. The molecule has 2 rings (SSSR count). The Morgan fingerprint density at radius 3 is 2.86 bits per heavy atom. The fraction of sp³-hybridized carbons (Fsp3) is 0.600. The van der Waals surface area contributed by atoms with Gasteiger partial charge in [0.25, 0.3) is 5.56 Å². The van der Waals surface area contributed by atoms with Gasteiger partial charge in [-0.15, -0.1) is 6.58 Å². The van der Waals surface area contributed by atoms with Crippen molar-refractivity contribution in [2.24, 2.45) is 0 Å². The summed E-state index contributed by atoms with van der Waals surface area (Å²) in [7, 11) is 0. The van der Waals surface area contributed by atoms with E-state index in [1.54, 1.807) is 12.3 Å². The molecule has 0 aromatic carbocycles. The van der Waals surface area contributed by atoms with Crippen molar-refractivity contribution in [2.75, 3.05) is 24.5 Å². The maximum absolute atomic E-state index is 12.2. The van der Waals surface area contributed by atoms with E-state index >= 15 is 0 Å². The van der Waals surface area contributed by atoms with Gasteiger partial charge in [-0.1, -0.05) is 13.0 Å². The van der Waals surface area contributed by atoms with E-state index in [4.69, 9.17) is 0 Å². The summed E-state index contributed by atoms with van der Waals surface area (Å²) in [6, 6.07) is 0.592. The van der Waals surface area contributed by atoms with Crippen molar-refractivity contribution in [1.82, 2.24) is 15.1 Å². The first-order chi connectivity index (χ1) is 10.2. The van der Waals surface area contributed by atoms with Gasteiger partial charge in [0.15, 0.2) is 0 Å². The van der Waals surface area contributed by atoms with Crippen LogP contribution in [0.2, 0.25) is 0 Å². The van der Waals surface area contributed by atoms with Crippen LogP contribution in [0, 0.1) is 0 Å². The maximum Gasteiger partial charge on any atom is 0.283 e. The lowest BCUT2D eigenvalue weighted by molar-refractivity contribution is 0.415. The maximum atomic E-state index is 12.2. The molecule has 0 amide bonds. The quantitative estimate of drug-likeness (QED) is 0.795. The van der Waals surface area contributed by atoms with E-state index < -0.39 is 0 Å². The Hall–Kier alpha value is -1.14. The largest absolute Gasteiger partial charge is 0.369 e. The number of aromatic nitrogens is 2. The average molecular weight is 355 g/mol. The van der Waals surface area contributed by atoms with Crippen LogP contribution in [0.25, 0.3) is 0 Å². The summed E-state index contributed by atoms with van der Waals surface area (Å²) < 4.78 is 2.01. The molecule has 6 heteroatoms. The number of nitrogens with one attached hydrogen (secondary N) is 1. The van der Waals surface area contributed by atoms with Gasteiger partial charge in [-0.3, -0.25) is 4.79 Å². The third kappa shape index (κ3) is 3.95. The summed E-state index contributed by atoms with van der Waals surface area (Å²) >= 11 is 3.43. The van der Waals surface area contributed by atoms with E-state index in [-0.39, 0.29) is 5.56 Å². The Bertz CT molecular complexity index is 535. The highest BCUT2D eigenvalue weighted by atomic mass is 79.9. The van der Waals surface area contributed by atoms with E-state index in [0.29, 0.717) is 17.1 Å². The lowest BCUT2D eigenvalue weighted by atomic mass is 10.0. The second-order valence-electron chi connectivity index (χ2n) is 5.34. The smallest absolute Gasteiger partial charge is 0.283 e. The Labute approximate surface area is 134 Å². The normalized spacial score (nSPS) is 16.2. The lowest BCUT2D eigenvalue weighted by Crippen LogP contribution is -2.43. The third-order valence-corrected chi connectivity index (χ3v) is 4.53. The van der Waals surface area contributed by atoms with E-state index in [0.717, 1.165) is 44.6 Å². The molecule has 0 unspecified atom stereocenters. The van der Waals surface area contributed by atoms with Gasteiger partial charge in [-0.25, -0.2) is 4.68 Å². The van der Waals surface area contributed by atoms with Crippen LogP contribution in [0.1, 0.15) is 26.2 Å². The number of rotatable bonds is 6. The summed E-state index contributed by atoms with van der Waals surface area (Å²) in [5, 5.41) is 7.78. The van der Waals surface area contributed by atoms with Gasteiger partial charge in [-0.2, -0.15) is 5.10 Å². The molecule has 1 saturated heterocycles. The predicted octanol–water partition coefficient (Wildman–Crippen LogP) is 2.16. The number of hydrogen-bond acceptors (Lipinski definition) is 4. The fourth-order valence-electron chi connectivity index (χ4n) is 2.60. The van der Waals surface area contributed by atoms with Crippen molar-refractivity contribution in [3.8, 4) is 0 Å². The minimum Gasteiger partial charge on any atom is -0.369 e. The highest BCUT2D eigenvalue weighted by Crippen LogP contribution is 2.25. The number of allylic oxidation sites excluding steroid dienone is 1. The predicted molar refractivity (Wildman–Crippen MR) is 89.9 cm³/mol. The summed E-state index contributed by atoms with van der Waals surface area (Å²) in [6.45, 7) is 9.23. The third-order valence-electron chi connectivity index (χ3n) is 3.79. The molecule has 1 aliphatic rings. The lowest BCUT2D eigenvalue weighted by Gasteiger charge is -2.34. The monoisotopic (exact) mass is 354 g/mol. The van der Waals surface area contributed by atoms with Crippen molar-refractivity contribution < 1.29 is 0 Å². The summed E-state index contributed by atoms with van der Waals surface area (Å²) in [4.78, 5) is 14.4. The van der Waals surface area contributed by atoms with Crippen LogP contribution in [-0.4, -0.2) is 35.5 Å². The Morgan fingerprint density at radius 2 is 2.24 bits per heavy atom. The molecule has 0 radical (unpaired) electrons. The number of halogens is 1. The molecule has 0 bridgehead atoms. The van der Waals surface area contributed by atoms with Crippen LogP contribution in [0.3, 0.4) is 0 Å². The standard InChI is InChI=1S/C15H23BrN4O/c1-3-7-17-12-5-9-19(10-6-12)13-11-18-20(8-4-2)15(21)14(13)16/h4,11-12,17H,2-3,5-10H2,1H3. The number of hydrogen-bond donors (Lipinski definition) is 1. The molecule has 0 saturated carbocycles. The van der Waals surface area contributed by atoms with Crippen molar-refractivity contribution >= 4 is 21.6 Å². The van der Waals surface area contributed by atoms with E-state index in [9.17, 15) is 4.79 Å². The Balaban J connectivity index is 2.05. The second-order valence-corrected chi connectivity index (χ2v) is 6.13. The van der Waals surface area contributed by atoms with Crippen molar-refractivity contribution in [2.45, 2.75) is 38.8 Å². The van der Waals surface area contributed by atoms with Gasteiger partial charge in [-0.05, 0) is 41.7 Å². The summed E-state index contributed by atoms with van der Waals surface area (Å²) in [6.07, 6.45) is 6.81. The zero-order chi connectivity index (χ0) is 15.2. The van der Waals surface area contributed by atoms with E-state index in [2.05, 4.69) is 44.7 Å². The summed E-state index contributed by atoms with van der Waals surface area (Å²) in [5.41, 5.74) is 0.799. The first kappa shape index (κ1) is 16.2. The van der Waals surface area contributed by atoms with Crippen molar-refractivity contribution in [1.29, 1.82) is 0 Å². The molecule has 1 aromatic rings. The number of nitrogens with zero attached hydrogens (tertiary/aromatic N) is 3. The van der Waals surface area contributed by atoms with Crippen LogP contribution in [0.5, 0.6) is 0 Å². The second kappa shape index (κ2) is 7.75. The minimum absolute atomic E-state index is 0.0985. The van der Waals surface area contributed by atoms with Gasteiger partial charge in [0.1, 0.15) is 4.47 Å². The molecule has 1 N–H and O–H groups in total. The molecule has 116 valence electrons. The van der Waals surface area contributed by atoms with Gasteiger partial charge in [0, 0.05) is 19.1 Å². The molecule has 1 aromatic heterocycles. The molecule has 1 aliphatic heterocycles. The molecular weight excluding hydrogens is 332 g/mol. The fourth-order valence-corrected chi connectivity index (χ4v) is 3.16. The molecule has 2 heterocycles. The van der Waals surface area contributed by atoms with Crippen LogP contribution >= 0.6 is 15.9 Å². The molecule has 21 heavy (non-hydrogen) atoms. The molecular formula is C15H23BrN4O. The van der Waals surface area contributed by atoms with Crippen LogP contribution in [0.4, 0.5) is 5.69 Å². The van der Waals surface area contributed by atoms with Crippen molar-refractivity contribution in [3.05, 3.63) is 33.7 Å². The average Bonchev–Trinajstić information content (AvgIpc) is 2.51. The molecule has 0 aliphatic carbocycles. The van der Waals surface area contributed by atoms with Gasteiger partial charge in [0.2, 0.25) is 0 Å². The zero-order valence-electron chi connectivity index (χ0n) is 12.5. The highest BCUT2D eigenvalue weighted by molar-refractivity contribution is 9.10.